The molecule has 0 fully saturated rings. The zero-order valence-electron chi connectivity index (χ0n) is 15.8. The molecule has 0 saturated heterocycles. The Morgan fingerprint density at radius 1 is 1.04 bits per heavy atom. The first-order valence-corrected chi connectivity index (χ1v) is 9.49. The normalized spacial score (nSPS) is 20.6. The molecule has 140 valence electrons. The maximum Gasteiger partial charge on any atom is 0.192 e. The van der Waals surface area contributed by atoms with Crippen LogP contribution >= 0.6 is 0 Å². The fraction of sp³-hybridized carbons (Fsp3) is 0.217. The minimum atomic E-state index is -0.533. The van der Waals surface area contributed by atoms with Crippen molar-refractivity contribution < 1.29 is 4.74 Å². The molecule has 0 bridgehead atoms. The molecule has 0 saturated carbocycles. The first-order valence-electron chi connectivity index (χ1n) is 9.49. The van der Waals surface area contributed by atoms with E-state index < -0.39 is 5.54 Å². The standard InChI is InChI=1S/C23H22N4O/c1-27-15-23(26-22(27)24,20-7-8-21-17(13-20)9-11-28-21)19-6-2-4-16(12-19)18-5-3-10-25-14-18/h2-8,10,12-14H,9,11,15H2,1H3,(H2,24,26). The lowest BCUT2D eigenvalue weighted by Gasteiger charge is -2.29. The molecule has 0 amide bonds. The molecule has 28 heavy (non-hydrogen) atoms. The van der Waals surface area contributed by atoms with Gasteiger partial charge in [-0.2, -0.15) is 0 Å². The predicted molar refractivity (Wildman–Crippen MR) is 110 cm³/mol. The van der Waals surface area contributed by atoms with Crippen molar-refractivity contribution in [3.05, 3.63) is 83.7 Å². The Morgan fingerprint density at radius 3 is 2.68 bits per heavy atom. The van der Waals surface area contributed by atoms with E-state index in [0.717, 1.165) is 41.0 Å². The maximum absolute atomic E-state index is 6.23. The minimum absolute atomic E-state index is 0.533. The Hall–Kier alpha value is -3.34. The number of aromatic nitrogens is 1. The van der Waals surface area contributed by atoms with Crippen LogP contribution in [0.1, 0.15) is 16.7 Å². The van der Waals surface area contributed by atoms with E-state index in [2.05, 4.69) is 53.5 Å². The summed E-state index contributed by atoms with van der Waals surface area (Å²) in [6.45, 7) is 1.45. The molecule has 1 unspecified atom stereocenters. The number of benzene rings is 2. The van der Waals surface area contributed by atoms with Gasteiger partial charge in [-0.1, -0.05) is 30.3 Å². The van der Waals surface area contributed by atoms with Gasteiger partial charge in [-0.05, 0) is 52.1 Å². The summed E-state index contributed by atoms with van der Waals surface area (Å²) < 4.78 is 5.70. The number of pyridine rings is 1. The van der Waals surface area contributed by atoms with Gasteiger partial charge < -0.3 is 15.4 Å². The Morgan fingerprint density at radius 2 is 1.89 bits per heavy atom. The molecule has 1 aromatic heterocycles. The van der Waals surface area contributed by atoms with Crippen LogP contribution in [0, 0.1) is 0 Å². The second-order valence-corrected chi connectivity index (χ2v) is 7.43. The molecule has 2 aliphatic heterocycles. The van der Waals surface area contributed by atoms with Gasteiger partial charge in [0.05, 0.1) is 13.2 Å². The number of fused-ring (bicyclic) bond motifs is 1. The number of ether oxygens (including phenoxy) is 1. The van der Waals surface area contributed by atoms with Gasteiger partial charge in [0.2, 0.25) is 0 Å². The second kappa shape index (κ2) is 6.37. The van der Waals surface area contributed by atoms with Crippen LogP contribution in [0.3, 0.4) is 0 Å². The van der Waals surface area contributed by atoms with Crippen LogP contribution in [0.2, 0.25) is 0 Å². The Bertz CT molecular complexity index is 1060. The first kappa shape index (κ1) is 16.8. The fourth-order valence-electron chi connectivity index (χ4n) is 4.15. The fourth-order valence-corrected chi connectivity index (χ4v) is 4.15. The van der Waals surface area contributed by atoms with Crippen molar-refractivity contribution in [3.8, 4) is 16.9 Å². The lowest BCUT2D eigenvalue weighted by molar-refractivity contribution is 0.356. The highest BCUT2D eigenvalue weighted by atomic mass is 16.5. The number of rotatable bonds is 3. The van der Waals surface area contributed by atoms with E-state index >= 15 is 0 Å². The number of hydrogen-bond donors (Lipinski definition) is 1. The average Bonchev–Trinajstić information content (AvgIpc) is 3.33. The van der Waals surface area contributed by atoms with Crippen molar-refractivity contribution >= 4 is 5.96 Å². The maximum atomic E-state index is 6.23. The topological polar surface area (TPSA) is 63.7 Å². The summed E-state index contributed by atoms with van der Waals surface area (Å²) in [6.07, 6.45) is 4.61. The molecule has 2 aliphatic rings. The molecule has 3 heterocycles. The molecule has 0 aliphatic carbocycles. The summed E-state index contributed by atoms with van der Waals surface area (Å²) in [4.78, 5) is 11.2. The van der Waals surface area contributed by atoms with Crippen LogP contribution in [0.5, 0.6) is 5.75 Å². The molecule has 1 atom stereocenters. The van der Waals surface area contributed by atoms with E-state index in [-0.39, 0.29) is 0 Å². The first-order chi connectivity index (χ1) is 13.7. The predicted octanol–water partition coefficient (Wildman–Crippen LogP) is 3.19. The summed E-state index contributed by atoms with van der Waals surface area (Å²) in [5, 5.41) is 0. The Kier molecular flexibility index (Phi) is 3.83. The number of aliphatic imine (C=N–C) groups is 1. The van der Waals surface area contributed by atoms with E-state index in [9.17, 15) is 0 Å². The summed E-state index contributed by atoms with van der Waals surface area (Å²) in [7, 11) is 1.99. The number of guanidine groups is 1. The number of nitrogens with zero attached hydrogens (tertiary/aromatic N) is 3. The zero-order chi connectivity index (χ0) is 19.1. The van der Waals surface area contributed by atoms with Gasteiger partial charge in [-0.15, -0.1) is 0 Å². The highest BCUT2D eigenvalue weighted by Crippen LogP contribution is 2.41. The third kappa shape index (κ3) is 2.62. The molecule has 2 aromatic carbocycles. The van der Waals surface area contributed by atoms with Gasteiger partial charge in [0.1, 0.15) is 11.3 Å². The van der Waals surface area contributed by atoms with Gasteiger partial charge in [0.25, 0.3) is 0 Å². The van der Waals surface area contributed by atoms with E-state index in [0.29, 0.717) is 12.5 Å². The summed E-state index contributed by atoms with van der Waals surface area (Å²) in [6, 6.07) is 19.0. The van der Waals surface area contributed by atoms with E-state index in [1.165, 1.54) is 5.56 Å². The van der Waals surface area contributed by atoms with Gasteiger partial charge in [0.15, 0.2) is 5.96 Å². The zero-order valence-corrected chi connectivity index (χ0v) is 15.8. The molecule has 5 nitrogen and oxygen atoms in total. The van der Waals surface area contributed by atoms with Gasteiger partial charge in [-0.3, -0.25) is 4.98 Å². The van der Waals surface area contributed by atoms with Crippen molar-refractivity contribution in [2.45, 2.75) is 12.0 Å². The SMILES string of the molecule is CN1CC(c2cccc(-c3cccnc3)c2)(c2ccc3c(c2)CCO3)N=C1N. The van der Waals surface area contributed by atoms with Gasteiger partial charge in [-0.25, -0.2) is 4.99 Å². The van der Waals surface area contributed by atoms with Crippen molar-refractivity contribution in [2.75, 3.05) is 20.2 Å². The van der Waals surface area contributed by atoms with Gasteiger partial charge >= 0.3 is 0 Å². The molecular weight excluding hydrogens is 348 g/mol. The third-order valence-electron chi connectivity index (χ3n) is 5.66. The van der Waals surface area contributed by atoms with Crippen LogP contribution in [0.25, 0.3) is 11.1 Å². The molecule has 5 heteroatoms. The van der Waals surface area contributed by atoms with Crippen molar-refractivity contribution in [3.63, 3.8) is 0 Å². The quantitative estimate of drug-likeness (QED) is 0.769. The second-order valence-electron chi connectivity index (χ2n) is 7.43. The van der Waals surface area contributed by atoms with E-state index in [1.807, 2.05) is 24.2 Å². The monoisotopic (exact) mass is 370 g/mol. The van der Waals surface area contributed by atoms with E-state index in [1.54, 1.807) is 6.20 Å². The molecule has 3 aromatic rings. The lowest BCUT2D eigenvalue weighted by atomic mass is 9.81. The molecule has 0 radical (unpaired) electrons. The summed E-state index contributed by atoms with van der Waals surface area (Å²) in [5.74, 6) is 1.54. The summed E-state index contributed by atoms with van der Waals surface area (Å²) >= 11 is 0. The van der Waals surface area contributed by atoms with Crippen molar-refractivity contribution in [1.82, 2.24) is 9.88 Å². The van der Waals surface area contributed by atoms with Crippen molar-refractivity contribution in [2.24, 2.45) is 10.7 Å². The smallest absolute Gasteiger partial charge is 0.192 e. The number of likely N-dealkylation sites (N-methyl/N-ethyl adjacent to an activating group) is 1. The largest absolute Gasteiger partial charge is 0.493 e. The van der Waals surface area contributed by atoms with Gasteiger partial charge in [0, 0.05) is 25.9 Å². The minimum Gasteiger partial charge on any atom is -0.493 e. The van der Waals surface area contributed by atoms with Crippen LogP contribution in [-0.4, -0.2) is 36.0 Å². The highest BCUT2D eigenvalue weighted by Gasteiger charge is 2.41. The third-order valence-corrected chi connectivity index (χ3v) is 5.66. The summed E-state index contributed by atoms with van der Waals surface area (Å²) in [5.41, 5.74) is 11.4. The highest BCUT2D eigenvalue weighted by molar-refractivity contribution is 5.82. The molecule has 0 spiro atoms. The lowest BCUT2D eigenvalue weighted by Crippen LogP contribution is -2.34. The molecule has 2 N–H and O–H groups in total. The Balaban J connectivity index is 1.67. The van der Waals surface area contributed by atoms with Crippen LogP contribution < -0.4 is 10.5 Å². The van der Waals surface area contributed by atoms with Crippen LogP contribution in [0.4, 0.5) is 0 Å². The molecule has 5 rings (SSSR count). The number of nitrogens with two attached hydrogens (primary N) is 1. The number of hydrogen-bond acceptors (Lipinski definition) is 5. The average molecular weight is 370 g/mol. The molecular formula is C23H22N4O. The van der Waals surface area contributed by atoms with E-state index in [4.69, 9.17) is 15.5 Å². The Labute approximate surface area is 164 Å². The van der Waals surface area contributed by atoms with Crippen LogP contribution in [0.15, 0.2) is 72.0 Å². The van der Waals surface area contributed by atoms with Crippen LogP contribution in [-0.2, 0) is 12.0 Å². The van der Waals surface area contributed by atoms with Crippen molar-refractivity contribution in [1.29, 1.82) is 0 Å².